The van der Waals surface area contributed by atoms with Gasteiger partial charge in [0.1, 0.15) is 0 Å². The topological polar surface area (TPSA) is 44.6 Å². The molecule has 1 aliphatic heterocycles. The fourth-order valence-corrected chi connectivity index (χ4v) is 3.07. The Bertz CT molecular complexity index is 496. The second kappa shape index (κ2) is 7.24. The molecule has 0 aliphatic carbocycles. The Morgan fingerprint density at radius 2 is 2.09 bits per heavy atom. The van der Waals surface area contributed by atoms with Gasteiger partial charge in [0.25, 0.3) is 0 Å². The van der Waals surface area contributed by atoms with Crippen LogP contribution in [0.3, 0.4) is 0 Å². The van der Waals surface area contributed by atoms with Gasteiger partial charge >= 0.3 is 0 Å². The minimum atomic E-state index is 0.0397. The van der Waals surface area contributed by atoms with E-state index in [1.807, 2.05) is 20.3 Å². The predicted octanol–water partition coefficient (Wildman–Crippen LogP) is 0.916. The van der Waals surface area contributed by atoms with Gasteiger partial charge in [0, 0.05) is 59.1 Å². The number of carbonyl (C=O) groups is 1. The average molecular weight is 307 g/mol. The Labute approximate surface area is 133 Å². The third-order valence-corrected chi connectivity index (χ3v) is 4.23. The highest BCUT2D eigenvalue weighted by atomic mass is 16.2. The summed E-state index contributed by atoms with van der Waals surface area (Å²) < 4.78 is 2.07. The largest absolute Gasteiger partial charge is 0.348 e. The predicted molar refractivity (Wildman–Crippen MR) is 87.6 cm³/mol. The van der Waals surface area contributed by atoms with E-state index in [4.69, 9.17) is 0 Å². The first-order valence-corrected chi connectivity index (χ1v) is 8.03. The van der Waals surface area contributed by atoms with E-state index < -0.39 is 0 Å². The molecule has 0 saturated carbocycles. The first-order valence-electron chi connectivity index (χ1n) is 8.03. The van der Waals surface area contributed by atoms with Crippen molar-refractivity contribution in [3.05, 3.63) is 18.0 Å². The zero-order valence-corrected chi connectivity index (χ0v) is 14.5. The van der Waals surface area contributed by atoms with Crippen molar-refractivity contribution in [3.8, 4) is 0 Å². The van der Waals surface area contributed by atoms with Gasteiger partial charge < -0.3 is 9.80 Å². The van der Waals surface area contributed by atoms with Crippen LogP contribution in [-0.2, 0) is 11.3 Å². The van der Waals surface area contributed by atoms with Gasteiger partial charge in [-0.2, -0.15) is 5.10 Å². The van der Waals surface area contributed by atoms with Crippen molar-refractivity contribution in [2.75, 3.05) is 47.3 Å². The van der Waals surface area contributed by atoms with Crippen LogP contribution in [0.15, 0.2) is 12.3 Å². The summed E-state index contributed by atoms with van der Waals surface area (Å²) in [5.74, 6) is 0.258. The lowest BCUT2D eigenvalue weighted by atomic mass is 10.1. The Morgan fingerprint density at radius 1 is 1.36 bits per heavy atom. The first kappa shape index (κ1) is 17.0. The monoisotopic (exact) mass is 307 g/mol. The summed E-state index contributed by atoms with van der Waals surface area (Å²) in [4.78, 5) is 18.7. The number of nitrogens with zero attached hydrogens (tertiary/aromatic N) is 5. The fourth-order valence-electron chi connectivity index (χ4n) is 3.07. The molecule has 0 radical (unpaired) electrons. The van der Waals surface area contributed by atoms with Gasteiger partial charge in [-0.25, -0.2) is 0 Å². The molecule has 0 bridgehead atoms. The van der Waals surface area contributed by atoms with E-state index in [2.05, 4.69) is 46.5 Å². The van der Waals surface area contributed by atoms with Gasteiger partial charge in [-0.3, -0.25) is 14.4 Å². The second-order valence-electron chi connectivity index (χ2n) is 6.79. The average Bonchev–Trinajstić information content (AvgIpc) is 2.83. The Balaban J connectivity index is 2.09. The van der Waals surface area contributed by atoms with E-state index in [0.717, 1.165) is 32.7 Å². The molecular formula is C16H29N5O. The van der Waals surface area contributed by atoms with Crippen molar-refractivity contribution < 1.29 is 4.79 Å². The quantitative estimate of drug-likeness (QED) is 0.830. The maximum atomic E-state index is 12.4. The molecule has 2 rings (SSSR count). The number of hydrogen-bond acceptors (Lipinski definition) is 4. The van der Waals surface area contributed by atoms with Crippen LogP contribution >= 0.6 is 0 Å². The van der Waals surface area contributed by atoms with E-state index in [-0.39, 0.29) is 11.8 Å². The summed E-state index contributed by atoms with van der Waals surface area (Å²) >= 11 is 0. The van der Waals surface area contributed by atoms with Gasteiger partial charge in [-0.1, -0.05) is 0 Å². The molecule has 1 aromatic rings. The first-order chi connectivity index (χ1) is 10.4. The van der Waals surface area contributed by atoms with Gasteiger partial charge in [0.2, 0.25) is 5.91 Å². The van der Waals surface area contributed by atoms with Crippen LogP contribution in [-0.4, -0.2) is 77.7 Å². The summed E-state index contributed by atoms with van der Waals surface area (Å²) in [5.41, 5.74) is 1.22. The Kier molecular flexibility index (Phi) is 5.58. The number of carbonyl (C=O) groups excluding carboxylic acids is 1. The van der Waals surface area contributed by atoms with Crippen molar-refractivity contribution >= 4 is 5.91 Å². The van der Waals surface area contributed by atoms with Crippen LogP contribution in [0.4, 0.5) is 0 Å². The van der Waals surface area contributed by atoms with Gasteiger partial charge in [-0.05, 0) is 27.0 Å². The molecule has 0 spiro atoms. The highest BCUT2D eigenvalue weighted by Gasteiger charge is 2.28. The smallest absolute Gasteiger partial charge is 0.227 e. The zero-order valence-electron chi connectivity index (χ0n) is 14.5. The lowest BCUT2D eigenvalue weighted by Gasteiger charge is -2.26. The van der Waals surface area contributed by atoms with E-state index in [0.29, 0.717) is 6.04 Å². The summed E-state index contributed by atoms with van der Waals surface area (Å²) in [6.45, 7) is 8.75. The van der Waals surface area contributed by atoms with E-state index in [1.54, 1.807) is 4.90 Å². The standard InChI is InChI=1S/C16H29N5O/c1-13(2)21-15(6-7-17-21)12-20-9-8-19(5)10-14(11-20)16(22)18(3)4/h6-7,13-14H,8-12H2,1-5H3. The highest BCUT2D eigenvalue weighted by molar-refractivity contribution is 5.78. The molecule has 1 amide bonds. The molecule has 1 aromatic heterocycles. The van der Waals surface area contributed by atoms with Gasteiger partial charge in [0.05, 0.1) is 11.6 Å². The normalized spacial score (nSPS) is 21.1. The molecule has 1 aliphatic rings. The molecule has 6 nitrogen and oxygen atoms in total. The van der Waals surface area contributed by atoms with Crippen LogP contribution in [0, 0.1) is 5.92 Å². The van der Waals surface area contributed by atoms with Crippen molar-refractivity contribution in [1.29, 1.82) is 0 Å². The van der Waals surface area contributed by atoms with Crippen molar-refractivity contribution in [1.82, 2.24) is 24.5 Å². The van der Waals surface area contributed by atoms with Crippen LogP contribution in [0.1, 0.15) is 25.6 Å². The van der Waals surface area contributed by atoms with Crippen LogP contribution in [0.5, 0.6) is 0 Å². The number of likely N-dealkylation sites (N-methyl/N-ethyl adjacent to an activating group) is 1. The molecule has 6 heteroatoms. The Morgan fingerprint density at radius 3 is 2.73 bits per heavy atom. The lowest BCUT2D eigenvalue weighted by molar-refractivity contribution is -0.133. The molecule has 0 aromatic carbocycles. The zero-order chi connectivity index (χ0) is 16.3. The number of aromatic nitrogens is 2. The summed E-state index contributed by atoms with van der Waals surface area (Å²) in [6.07, 6.45) is 1.86. The van der Waals surface area contributed by atoms with Crippen LogP contribution in [0.2, 0.25) is 0 Å². The second-order valence-corrected chi connectivity index (χ2v) is 6.79. The molecular weight excluding hydrogens is 278 g/mol. The molecule has 22 heavy (non-hydrogen) atoms. The molecule has 1 saturated heterocycles. The van der Waals surface area contributed by atoms with Gasteiger partial charge in [-0.15, -0.1) is 0 Å². The molecule has 124 valence electrons. The van der Waals surface area contributed by atoms with Crippen LogP contribution in [0.25, 0.3) is 0 Å². The lowest BCUT2D eigenvalue weighted by Crippen LogP contribution is -2.40. The molecule has 1 atom stereocenters. The maximum absolute atomic E-state index is 12.4. The van der Waals surface area contributed by atoms with E-state index in [9.17, 15) is 4.79 Å². The highest BCUT2D eigenvalue weighted by Crippen LogP contribution is 2.15. The molecule has 2 heterocycles. The van der Waals surface area contributed by atoms with Crippen molar-refractivity contribution in [2.45, 2.75) is 26.4 Å². The van der Waals surface area contributed by atoms with E-state index >= 15 is 0 Å². The third kappa shape index (κ3) is 4.08. The van der Waals surface area contributed by atoms with Gasteiger partial charge in [0.15, 0.2) is 0 Å². The minimum absolute atomic E-state index is 0.0397. The number of amides is 1. The number of hydrogen-bond donors (Lipinski definition) is 0. The molecule has 1 fully saturated rings. The summed E-state index contributed by atoms with van der Waals surface area (Å²) in [7, 11) is 5.77. The fraction of sp³-hybridized carbons (Fsp3) is 0.750. The molecule has 0 N–H and O–H groups in total. The SMILES string of the molecule is CC(C)n1nccc1CN1CCN(C)CC(C(=O)N(C)C)C1. The minimum Gasteiger partial charge on any atom is -0.348 e. The number of rotatable bonds is 4. The van der Waals surface area contributed by atoms with E-state index in [1.165, 1.54) is 5.69 Å². The maximum Gasteiger partial charge on any atom is 0.227 e. The van der Waals surface area contributed by atoms with Crippen molar-refractivity contribution in [3.63, 3.8) is 0 Å². The Hall–Kier alpha value is -1.40. The third-order valence-electron chi connectivity index (χ3n) is 4.23. The van der Waals surface area contributed by atoms with Crippen molar-refractivity contribution in [2.24, 2.45) is 5.92 Å². The molecule has 1 unspecified atom stereocenters. The summed E-state index contributed by atoms with van der Waals surface area (Å²) in [6, 6.07) is 2.44. The summed E-state index contributed by atoms with van der Waals surface area (Å²) in [5, 5.41) is 4.41. The van der Waals surface area contributed by atoms with Crippen LogP contribution < -0.4 is 0 Å².